The minimum atomic E-state index is -0.133. The third-order valence-corrected chi connectivity index (χ3v) is 6.10. The molecule has 0 radical (unpaired) electrons. The molecular weight excluding hydrogens is 412 g/mol. The van der Waals surface area contributed by atoms with Gasteiger partial charge < -0.3 is 19.8 Å². The maximum atomic E-state index is 12.1. The first-order valence-electron chi connectivity index (χ1n) is 12.3. The zero-order chi connectivity index (χ0) is 23.5. The van der Waals surface area contributed by atoms with Crippen LogP contribution in [0.4, 0.5) is 0 Å². The van der Waals surface area contributed by atoms with E-state index >= 15 is 0 Å². The van der Waals surface area contributed by atoms with Crippen molar-refractivity contribution in [3.8, 4) is 17.0 Å². The molecule has 2 heterocycles. The number of amides is 1. The Kier molecular flexibility index (Phi) is 9.67. The van der Waals surface area contributed by atoms with E-state index in [0.29, 0.717) is 24.0 Å². The van der Waals surface area contributed by atoms with Crippen LogP contribution in [0, 0.1) is 5.92 Å². The lowest BCUT2D eigenvalue weighted by Gasteiger charge is -2.18. The molecule has 1 aliphatic rings. The second-order valence-corrected chi connectivity index (χ2v) is 8.78. The second kappa shape index (κ2) is 12.9. The molecule has 1 amide bonds. The monoisotopic (exact) mass is 450 g/mol. The minimum absolute atomic E-state index is 0.133. The maximum Gasteiger partial charge on any atom is 0.252 e. The van der Waals surface area contributed by atoms with E-state index in [2.05, 4.69) is 24.1 Å². The predicted octanol–water partition coefficient (Wildman–Crippen LogP) is 6.84. The van der Waals surface area contributed by atoms with Crippen molar-refractivity contribution in [2.75, 3.05) is 13.7 Å². The molecule has 0 saturated carbocycles. The van der Waals surface area contributed by atoms with Gasteiger partial charge in [0.05, 0.1) is 19.4 Å². The molecule has 1 aliphatic heterocycles. The number of nitrogens with one attached hydrogen (secondary N) is 2. The van der Waals surface area contributed by atoms with Crippen LogP contribution in [0.25, 0.3) is 17.3 Å². The Labute approximate surface area is 198 Å². The quantitative estimate of drug-likeness (QED) is 0.310. The van der Waals surface area contributed by atoms with Gasteiger partial charge in [-0.1, -0.05) is 52.4 Å². The number of aromatic nitrogens is 1. The standard InChI is InChI=1S/C28H38N2O3/c1-4-6-8-9-11-21(10-7-5-2)20-33-27-19-28(31)30-26(27)18-23-14-17-25(29-23)22-12-15-24(32-3)16-13-22/h12-19,21,29H,4-11,20H2,1-3H3,(H,30,31). The maximum absolute atomic E-state index is 12.1. The number of carbonyl (C=O) groups excluding carboxylic acids is 1. The molecule has 5 heteroatoms. The highest BCUT2D eigenvalue weighted by atomic mass is 16.5. The predicted molar refractivity (Wildman–Crippen MR) is 135 cm³/mol. The summed E-state index contributed by atoms with van der Waals surface area (Å²) in [5, 5.41) is 2.91. The number of aromatic amines is 1. The van der Waals surface area contributed by atoms with Crippen LogP contribution >= 0.6 is 0 Å². The van der Waals surface area contributed by atoms with Crippen LogP contribution in [-0.4, -0.2) is 24.6 Å². The zero-order valence-electron chi connectivity index (χ0n) is 20.3. The van der Waals surface area contributed by atoms with Gasteiger partial charge in [0.25, 0.3) is 5.91 Å². The van der Waals surface area contributed by atoms with E-state index in [0.717, 1.165) is 22.7 Å². The normalized spacial score (nSPS) is 15.4. The first kappa shape index (κ1) is 24.7. The molecule has 0 saturated heterocycles. The zero-order valence-corrected chi connectivity index (χ0v) is 20.3. The Morgan fingerprint density at radius 2 is 1.70 bits per heavy atom. The van der Waals surface area contributed by atoms with E-state index < -0.39 is 0 Å². The summed E-state index contributed by atoms with van der Waals surface area (Å²) in [6.07, 6.45) is 13.4. The molecule has 1 aromatic carbocycles. The summed E-state index contributed by atoms with van der Waals surface area (Å²) >= 11 is 0. The highest BCUT2D eigenvalue weighted by Gasteiger charge is 2.21. The minimum Gasteiger partial charge on any atom is -0.497 e. The fraction of sp³-hybridized carbons (Fsp3) is 0.464. The summed E-state index contributed by atoms with van der Waals surface area (Å²) in [6.45, 7) is 5.13. The molecule has 0 fully saturated rings. The molecule has 0 spiro atoms. The van der Waals surface area contributed by atoms with Crippen molar-refractivity contribution in [1.29, 1.82) is 0 Å². The van der Waals surface area contributed by atoms with Gasteiger partial charge in [-0.2, -0.15) is 0 Å². The number of H-pyrrole nitrogens is 1. The van der Waals surface area contributed by atoms with Gasteiger partial charge in [-0.15, -0.1) is 0 Å². The first-order valence-corrected chi connectivity index (χ1v) is 12.3. The SMILES string of the molecule is CCCCCCC(CCCC)COC1=CC(=O)NC1=Cc1ccc(-c2ccc(OC)cc2)[nH]1. The Hall–Kier alpha value is -2.95. The van der Waals surface area contributed by atoms with Gasteiger partial charge in [-0.05, 0) is 66.8 Å². The van der Waals surface area contributed by atoms with E-state index in [1.54, 1.807) is 13.2 Å². The van der Waals surface area contributed by atoms with E-state index in [9.17, 15) is 4.79 Å². The summed E-state index contributed by atoms with van der Waals surface area (Å²) in [5.74, 6) is 1.87. The molecule has 178 valence electrons. The Morgan fingerprint density at radius 3 is 2.42 bits per heavy atom. The third kappa shape index (κ3) is 7.55. The molecule has 1 unspecified atom stereocenters. The number of ether oxygens (including phenoxy) is 2. The molecule has 33 heavy (non-hydrogen) atoms. The van der Waals surface area contributed by atoms with Crippen LogP contribution in [0.15, 0.2) is 53.9 Å². The fourth-order valence-electron chi connectivity index (χ4n) is 4.12. The van der Waals surface area contributed by atoms with Gasteiger partial charge in [0.15, 0.2) is 0 Å². The van der Waals surface area contributed by atoms with Crippen molar-refractivity contribution in [2.24, 2.45) is 5.92 Å². The Morgan fingerprint density at radius 1 is 0.939 bits per heavy atom. The van der Waals surface area contributed by atoms with Gasteiger partial charge in [0.1, 0.15) is 11.5 Å². The average Bonchev–Trinajstić information content (AvgIpc) is 3.44. The van der Waals surface area contributed by atoms with E-state index in [1.807, 2.05) is 42.5 Å². The molecule has 1 atom stereocenters. The van der Waals surface area contributed by atoms with Crippen LogP contribution < -0.4 is 10.1 Å². The van der Waals surface area contributed by atoms with Crippen LogP contribution in [0.5, 0.6) is 5.75 Å². The number of benzene rings is 1. The summed E-state index contributed by atoms with van der Waals surface area (Å²) < 4.78 is 11.4. The lowest BCUT2D eigenvalue weighted by atomic mass is 9.96. The highest BCUT2D eigenvalue weighted by molar-refractivity contribution is 5.95. The Bertz CT molecular complexity index is 940. The number of carbonyl (C=O) groups is 1. The number of hydrogen-bond acceptors (Lipinski definition) is 3. The molecule has 5 nitrogen and oxygen atoms in total. The molecule has 2 aromatic rings. The lowest BCUT2D eigenvalue weighted by molar-refractivity contribution is -0.115. The number of rotatable bonds is 14. The van der Waals surface area contributed by atoms with Crippen molar-refractivity contribution >= 4 is 12.0 Å². The summed E-state index contributed by atoms with van der Waals surface area (Å²) in [7, 11) is 1.66. The topological polar surface area (TPSA) is 63.4 Å². The highest BCUT2D eigenvalue weighted by Crippen LogP contribution is 2.25. The van der Waals surface area contributed by atoms with Gasteiger partial charge in [-0.25, -0.2) is 0 Å². The van der Waals surface area contributed by atoms with Gasteiger partial charge in [-0.3, -0.25) is 4.79 Å². The van der Waals surface area contributed by atoms with Gasteiger partial charge >= 0.3 is 0 Å². The molecule has 3 rings (SSSR count). The smallest absolute Gasteiger partial charge is 0.252 e. The third-order valence-electron chi connectivity index (χ3n) is 6.10. The molecule has 0 bridgehead atoms. The van der Waals surface area contributed by atoms with Crippen LogP contribution in [0.1, 0.15) is 70.9 Å². The number of methoxy groups -OCH3 is 1. The Balaban J connectivity index is 1.63. The van der Waals surface area contributed by atoms with Gasteiger partial charge in [0, 0.05) is 17.5 Å². The van der Waals surface area contributed by atoms with Crippen molar-refractivity contribution < 1.29 is 14.3 Å². The molecule has 0 aliphatic carbocycles. The molecular formula is C28H38N2O3. The molecule has 1 aromatic heterocycles. The van der Waals surface area contributed by atoms with E-state index in [-0.39, 0.29) is 5.91 Å². The number of hydrogen-bond donors (Lipinski definition) is 2. The fourth-order valence-corrected chi connectivity index (χ4v) is 4.12. The largest absolute Gasteiger partial charge is 0.497 e. The van der Waals surface area contributed by atoms with Crippen LogP contribution in [-0.2, 0) is 9.53 Å². The average molecular weight is 451 g/mol. The second-order valence-electron chi connectivity index (χ2n) is 8.78. The lowest BCUT2D eigenvalue weighted by Crippen LogP contribution is -2.15. The van der Waals surface area contributed by atoms with Crippen molar-refractivity contribution in [3.05, 3.63) is 59.6 Å². The molecule has 2 N–H and O–H groups in total. The first-order chi connectivity index (χ1) is 16.1. The summed E-state index contributed by atoms with van der Waals surface area (Å²) in [5.41, 5.74) is 3.70. The summed E-state index contributed by atoms with van der Waals surface area (Å²) in [6, 6.07) is 12.0. The van der Waals surface area contributed by atoms with E-state index in [1.165, 1.54) is 51.4 Å². The number of unbranched alkanes of at least 4 members (excludes halogenated alkanes) is 4. The van der Waals surface area contributed by atoms with E-state index in [4.69, 9.17) is 9.47 Å². The van der Waals surface area contributed by atoms with Gasteiger partial charge in [0.2, 0.25) is 0 Å². The van der Waals surface area contributed by atoms with Crippen molar-refractivity contribution in [3.63, 3.8) is 0 Å². The van der Waals surface area contributed by atoms with Crippen molar-refractivity contribution in [1.82, 2.24) is 10.3 Å². The summed E-state index contributed by atoms with van der Waals surface area (Å²) in [4.78, 5) is 15.5. The van der Waals surface area contributed by atoms with Crippen LogP contribution in [0.2, 0.25) is 0 Å². The van der Waals surface area contributed by atoms with Crippen LogP contribution in [0.3, 0.4) is 0 Å². The van der Waals surface area contributed by atoms with Crippen molar-refractivity contribution in [2.45, 2.75) is 65.2 Å².